The van der Waals surface area contributed by atoms with Gasteiger partial charge in [-0.2, -0.15) is 0 Å². The molecule has 2 heterocycles. The largest absolute Gasteiger partial charge is 0.449 e. The van der Waals surface area contributed by atoms with Gasteiger partial charge in [-0.15, -0.1) is 10.2 Å². The van der Waals surface area contributed by atoms with Gasteiger partial charge < -0.3 is 9.15 Å². The molecule has 1 aliphatic heterocycles. The third kappa shape index (κ3) is 2.46. The van der Waals surface area contributed by atoms with Crippen molar-refractivity contribution in [2.45, 2.75) is 3.79 Å². The molecule has 0 unspecified atom stereocenters. The fraction of sp³-hybridized carbons (Fsp3) is 0.0909. The first-order valence-corrected chi connectivity index (χ1v) is 6.06. The number of rotatable bonds is 2. The molecule has 1 aromatic carbocycles. The predicted octanol–water partition coefficient (Wildman–Crippen LogP) is 4.17. The van der Waals surface area contributed by atoms with Crippen LogP contribution < -0.4 is 4.74 Å². The molecule has 7 heteroatoms. The zero-order valence-corrected chi connectivity index (χ0v) is 11.0. The molecule has 0 N–H and O–H groups in total. The summed E-state index contributed by atoms with van der Waals surface area (Å²) >= 11 is 16.8. The molecule has 0 fully saturated rings. The van der Waals surface area contributed by atoms with Crippen molar-refractivity contribution < 1.29 is 9.15 Å². The SMILES string of the molecule is ClC(Cl)(Cl)c1nnc(/C=C/c2ccc3c(c2)O3)o1. The Morgan fingerprint density at radius 1 is 1.06 bits per heavy atom. The van der Waals surface area contributed by atoms with Gasteiger partial charge >= 0.3 is 0 Å². The maximum atomic E-state index is 5.61. The second-order valence-corrected chi connectivity index (χ2v) is 5.87. The molecule has 0 spiro atoms. The lowest BCUT2D eigenvalue weighted by atomic mass is 10.2. The van der Waals surface area contributed by atoms with E-state index in [1.54, 1.807) is 12.2 Å². The van der Waals surface area contributed by atoms with Crippen LogP contribution in [0, 0.1) is 0 Å². The molecule has 0 bridgehead atoms. The average Bonchev–Trinajstić information content (AvgIpc) is 2.90. The lowest BCUT2D eigenvalue weighted by Gasteiger charge is -2.01. The summed E-state index contributed by atoms with van der Waals surface area (Å²) in [4.78, 5) is 0. The molecule has 1 aliphatic rings. The maximum absolute atomic E-state index is 5.61. The molecular formula is C11H5Cl3N2O2. The van der Waals surface area contributed by atoms with Crippen molar-refractivity contribution in [2.75, 3.05) is 0 Å². The highest BCUT2D eigenvalue weighted by molar-refractivity contribution is 6.66. The topological polar surface area (TPSA) is 51.5 Å². The smallest absolute Gasteiger partial charge is 0.268 e. The van der Waals surface area contributed by atoms with Crippen LogP contribution in [0.5, 0.6) is 11.5 Å². The molecule has 0 saturated carbocycles. The minimum atomic E-state index is -1.70. The zero-order chi connectivity index (χ0) is 12.8. The van der Waals surface area contributed by atoms with Gasteiger partial charge in [-0.05, 0) is 23.8 Å². The van der Waals surface area contributed by atoms with Gasteiger partial charge in [0.05, 0.1) is 0 Å². The van der Waals surface area contributed by atoms with Gasteiger partial charge in [-0.1, -0.05) is 40.9 Å². The number of hydrogen-bond donors (Lipinski definition) is 0. The van der Waals surface area contributed by atoms with E-state index < -0.39 is 3.79 Å². The summed E-state index contributed by atoms with van der Waals surface area (Å²) in [5.74, 6) is 1.99. The Kier molecular flexibility index (Phi) is 2.73. The number of halogens is 3. The van der Waals surface area contributed by atoms with Crippen LogP contribution in [0.2, 0.25) is 0 Å². The molecule has 1 aromatic heterocycles. The number of hydrogen-bond acceptors (Lipinski definition) is 4. The van der Waals surface area contributed by atoms with Crippen molar-refractivity contribution in [1.29, 1.82) is 0 Å². The number of ether oxygens (including phenoxy) is 1. The van der Waals surface area contributed by atoms with Crippen LogP contribution in [-0.2, 0) is 3.79 Å². The summed E-state index contributed by atoms with van der Waals surface area (Å²) in [7, 11) is 0. The molecule has 3 rings (SSSR count). The first-order valence-electron chi connectivity index (χ1n) is 4.93. The van der Waals surface area contributed by atoms with Crippen LogP contribution in [-0.4, -0.2) is 10.2 Å². The summed E-state index contributed by atoms with van der Waals surface area (Å²) in [6.45, 7) is 0. The molecule has 4 nitrogen and oxygen atoms in total. The fourth-order valence-electron chi connectivity index (χ4n) is 1.37. The standard InChI is InChI=1S/C11H5Cl3N2O2/c12-11(13,14)10-16-15-9(18-10)4-2-6-1-3-7-8(5-6)17-7/h1-5H/b4-2+. The van der Waals surface area contributed by atoms with E-state index in [2.05, 4.69) is 10.2 Å². The van der Waals surface area contributed by atoms with Crippen molar-refractivity contribution in [3.8, 4) is 11.5 Å². The molecule has 0 aliphatic carbocycles. The number of aromatic nitrogens is 2. The summed E-state index contributed by atoms with van der Waals surface area (Å²) in [5, 5.41) is 7.38. The van der Waals surface area contributed by atoms with Gasteiger partial charge in [0.25, 0.3) is 9.68 Å². The van der Waals surface area contributed by atoms with E-state index in [0.717, 1.165) is 17.1 Å². The second-order valence-electron chi connectivity index (χ2n) is 3.58. The minimum absolute atomic E-state index is 0.0594. The number of alkyl halides is 3. The molecule has 2 aromatic rings. The van der Waals surface area contributed by atoms with E-state index in [0.29, 0.717) is 0 Å². The maximum Gasteiger partial charge on any atom is 0.268 e. The number of benzene rings is 1. The lowest BCUT2D eigenvalue weighted by Crippen LogP contribution is -1.99. The van der Waals surface area contributed by atoms with Crippen LogP contribution in [0.25, 0.3) is 12.2 Å². The number of nitrogens with zero attached hydrogens (tertiary/aromatic N) is 2. The van der Waals surface area contributed by atoms with Gasteiger partial charge in [-0.3, -0.25) is 0 Å². The van der Waals surface area contributed by atoms with Crippen molar-refractivity contribution in [3.63, 3.8) is 0 Å². The third-order valence-electron chi connectivity index (χ3n) is 2.25. The van der Waals surface area contributed by atoms with Crippen LogP contribution in [0.3, 0.4) is 0 Å². The van der Waals surface area contributed by atoms with Gasteiger partial charge in [0, 0.05) is 6.08 Å². The Balaban J connectivity index is 1.78. The van der Waals surface area contributed by atoms with E-state index in [9.17, 15) is 0 Å². The first kappa shape index (κ1) is 11.8. The Hall–Kier alpha value is -1.23. The van der Waals surface area contributed by atoms with Crippen LogP contribution >= 0.6 is 34.8 Å². The molecule has 0 atom stereocenters. The monoisotopic (exact) mass is 302 g/mol. The Bertz CT molecular complexity index is 631. The molecule has 0 amide bonds. The fourth-order valence-corrected chi connectivity index (χ4v) is 1.60. The van der Waals surface area contributed by atoms with Gasteiger partial charge in [0.1, 0.15) is 0 Å². The highest BCUT2D eigenvalue weighted by Gasteiger charge is 2.29. The Morgan fingerprint density at radius 2 is 1.89 bits per heavy atom. The van der Waals surface area contributed by atoms with Gasteiger partial charge in [0.2, 0.25) is 5.89 Å². The van der Waals surface area contributed by atoms with Crippen molar-refractivity contribution in [1.82, 2.24) is 10.2 Å². The van der Waals surface area contributed by atoms with E-state index >= 15 is 0 Å². The van der Waals surface area contributed by atoms with Crippen LogP contribution in [0.1, 0.15) is 17.3 Å². The van der Waals surface area contributed by atoms with E-state index in [-0.39, 0.29) is 11.8 Å². The first-order chi connectivity index (χ1) is 8.52. The molecule has 92 valence electrons. The lowest BCUT2D eigenvalue weighted by molar-refractivity contribution is 0.493. The second kappa shape index (κ2) is 4.16. The molecule has 0 radical (unpaired) electrons. The van der Waals surface area contributed by atoms with Crippen molar-refractivity contribution >= 4 is 47.0 Å². The van der Waals surface area contributed by atoms with Crippen molar-refractivity contribution in [2.24, 2.45) is 0 Å². The third-order valence-corrected chi connectivity index (χ3v) is 2.73. The summed E-state index contributed by atoms with van der Waals surface area (Å²) in [6.07, 6.45) is 3.44. The van der Waals surface area contributed by atoms with E-state index in [1.165, 1.54) is 0 Å². The zero-order valence-electron chi connectivity index (χ0n) is 8.73. The minimum Gasteiger partial charge on any atom is -0.449 e. The van der Waals surface area contributed by atoms with Crippen molar-refractivity contribution in [3.05, 3.63) is 35.5 Å². The van der Waals surface area contributed by atoms with E-state index in [1.807, 2.05) is 18.2 Å². The highest BCUT2D eigenvalue weighted by Crippen LogP contribution is 2.45. The summed E-state index contributed by atoms with van der Waals surface area (Å²) in [5.41, 5.74) is 0.958. The summed E-state index contributed by atoms with van der Waals surface area (Å²) in [6, 6.07) is 5.70. The number of fused-ring (bicyclic) bond motifs is 1. The Labute approximate surface area is 117 Å². The average molecular weight is 304 g/mol. The molecule has 18 heavy (non-hydrogen) atoms. The molecule has 0 saturated heterocycles. The van der Waals surface area contributed by atoms with Gasteiger partial charge in [0.15, 0.2) is 11.5 Å². The normalized spacial score (nSPS) is 13.5. The van der Waals surface area contributed by atoms with Crippen LogP contribution in [0.4, 0.5) is 0 Å². The predicted molar refractivity (Wildman–Crippen MR) is 69.0 cm³/mol. The van der Waals surface area contributed by atoms with E-state index in [4.69, 9.17) is 44.0 Å². The highest BCUT2D eigenvalue weighted by atomic mass is 35.6. The molecular weight excluding hydrogens is 298 g/mol. The Morgan fingerprint density at radius 3 is 2.56 bits per heavy atom. The van der Waals surface area contributed by atoms with Crippen LogP contribution in [0.15, 0.2) is 22.6 Å². The van der Waals surface area contributed by atoms with Gasteiger partial charge in [-0.25, -0.2) is 0 Å². The quantitative estimate of drug-likeness (QED) is 0.526. The summed E-state index contributed by atoms with van der Waals surface area (Å²) < 4.78 is 8.61.